The van der Waals surface area contributed by atoms with Gasteiger partial charge in [0.05, 0.1) is 20.2 Å². The molecule has 0 aliphatic heterocycles. The Morgan fingerprint density at radius 2 is 1.93 bits per heavy atom. The number of alkyl halides is 2. The number of halogens is 2. The van der Waals surface area contributed by atoms with Crippen molar-refractivity contribution in [2.24, 2.45) is 4.99 Å². The minimum Gasteiger partial charge on any atom is -0.497 e. The Kier molecular flexibility index (Phi) is 10.0. The second-order valence-corrected chi connectivity index (χ2v) is 5.94. The van der Waals surface area contributed by atoms with Crippen LogP contribution < -0.4 is 14.8 Å². The summed E-state index contributed by atoms with van der Waals surface area (Å²) in [6.07, 6.45) is 0. The van der Waals surface area contributed by atoms with Gasteiger partial charge in [-0.3, -0.25) is 4.79 Å². The molecule has 0 bridgehead atoms. The number of amides is 1. The summed E-state index contributed by atoms with van der Waals surface area (Å²) in [6, 6.07) is 4.69. The smallest absolute Gasteiger partial charge is 0.387 e. The van der Waals surface area contributed by atoms with Gasteiger partial charge in [0, 0.05) is 38.3 Å². The van der Waals surface area contributed by atoms with Gasteiger partial charge >= 0.3 is 6.61 Å². The number of carbonyl (C=O) groups is 1. The van der Waals surface area contributed by atoms with Gasteiger partial charge in [-0.2, -0.15) is 8.78 Å². The molecule has 0 saturated carbocycles. The zero-order chi connectivity index (χ0) is 21.1. The second kappa shape index (κ2) is 12.0. The molecule has 158 valence electrons. The third kappa shape index (κ3) is 7.21. The fourth-order valence-electron chi connectivity index (χ4n) is 2.58. The summed E-state index contributed by atoms with van der Waals surface area (Å²) in [4.78, 5) is 20.2. The van der Waals surface area contributed by atoms with Crippen LogP contribution in [0.25, 0.3) is 0 Å². The number of guanidine groups is 1. The van der Waals surface area contributed by atoms with E-state index in [1.807, 2.05) is 20.8 Å². The summed E-state index contributed by atoms with van der Waals surface area (Å²) >= 11 is 0. The van der Waals surface area contributed by atoms with E-state index in [4.69, 9.17) is 4.74 Å². The Labute approximate surface area is 165 Å². The monoisotopic (exact) mass is 400 g/mol. The van der Waals surface area contributed by atoms with E-state index in [1.165, 1.54) is 13.2 Å². The zero-order valence-corrected chi connectivity index (χ0v) is 17.2. The summed E-state index contributed by atoms with van der Waals surface area (Å²) in [6.45, 7) is 4.96. The quantitative estimate of drug-likeness (QED) is 0.483. The average Bonchev–Trinajstić information content (AvgIpc) is 2.66. The normalized spacial score (nSPS) is 11.4. The van der Waals surface area contributed by atoms with Gasteiger partial charge in [-0.1, -0.05) is 0 Å². The van der Waals surface area contributed by atoms with E-state index in [1.54, 1.807) is 29.0 Å². The molecule has 0 aliphatic rings. The highest BCUT2D eigenvalue weighted by atomic mass is 19.3. The molecule has 1 amide bonds. The fourth-order valence-corrected chi connectivity index (χ4v) is 2.58. The van der Waals surface area contributed by atoms with E-state index in [2.05, 4.69) is 15.0 Å². The Morgan fingerprint density at radius 3 is 2.46 bits per heavy atom. The molecular weight excluding hydrogens is 370 g/mol. The summed E-state index contributed by atoms with van der Waals surface area (Å²) in [5.41, 5.74) is 0.486. The fraction of sp³-hybridized carbons (Fsp3) is 0.579. The number of carbonyl (C=O) groups excluding carboxylic acids is 1. The summed E-state index contributed by atoms with van der Waals surface area (Å²) < 4.78 is 35.1. The van der Waals surface area contributed by atoms with E-state index < -0.39 is 6.61 Å². The molecule has 0 fully saturated rings. The third-order valence-electron chi connectivity index (χ3n) is 4.07. The van der Waals surface area contributed by atoms with Gasteiger partial charge in [0.2, 0.25) is 5.91 Å². The van der Waals surface area contributed by atoms with Crippen molar-refractivity contribution in [2.45, 2.75) is 33.9 Å². The highest BCUT2D eigenvalue weighted by Gasteiger charge is 2.16. The standard InChI is InChI=1S/C19H30F2N4O3/c1-6-22-19(24(4)13-17(26)25(7-2)8-3)23-12-14-9-10-15(27-5)11-16(14)28-18(20)21/h9-11,18H,6-8,12-13H2,1-5H3,(H,22,23). The van der Waals surface area contributed by atoms with E-state index in [9.17, 15) is 13.6 Å². The molecule has 0 saturated heterocycles. The van der Waals surface area contributed by atoms with Crippen molar-refractivity contribution in [3.05, 3.63) is 23.8 Å². The first-order valence-electron chi connectivity index (χ1n) is 9.25. The van der Waals surface area contributed by atoms with Crippen LogP contribution in [0.5, 0.6) is 11.5 Å². The van der Waals surface area contributed by atoms with Crippen molar-refractivity contribution in [2.75, 3.05) is 40.3 Å². The second-order valence-electron chi connectivity index (χ2n) is 5.94. The number of nitrogens with one attached hydrogen (secondary N) is 1. The summed E-state index contributed by atoms with van der Waals surface area (Å²) in [5, 5.41) is 3.11. The van der Waals surface area contributed by atoms with Crippen LogP contribution in [0, 0.1) is 0 Å². The molecule has 0 radical (unpaired) electrons. The molecule has 0 spiro atoms. The largest absolute Gasteiger partial charge is 0.497 e. The minimum absolute atomic E-state index is 0.00993. The first-order valence-corrected chi connectivity index (χ1v) is 9.25. The number of benzene rings is 1. The van der Waals surface area contributed by atoms with Crippen molar-refractivity contribution < 1.29 is 23.0 Å². The maximum Gasteiger partial charge on any atom is 0.387 e. The lowest BCUT2D eigenvalue weighted by molar-refractivity contribution is -0.131. The SMILES string of the molecule is CCNC(=NCc1ccc(OC)cc1OC(F)F)N(C)CC(=O)N(CC)CC. The van der Waals surface area contributed by atoms with Gasteiger partial charge in [-0.05, 0) is 32.9 Å². The maximum absolute atomic E-state index is 12.7. The third-order valence-corrected chi connectivity index (χ3v) is 4.07. The van der Waals surface area contributed by atoms with Crippen LogP contribution in [-0.4, -0.2) is 68.6 Å². The molecule has 0 aliphatic carbocycles. The van der Waals surface area contributed by atoms with Gasteiger partial charge in [0.1, 0.15) is 11.5 Å². The van der Waals surface area contributed by atoms with Crippen molar-refractivity contribution in [3.63, 3.8) is 0 Å². The summed E-state index contributed by atoms with van der Waals surface area (Å²) in [7, 11) is 3.21. The number of hydrogen-bond acceptors (Lipinski definition) is 4. The Morgan fingerprint density at radius 1 is 1.25 bits per heavy atom. The molecule has 0 aromatic heterocycles. The van der Waals surface area contributed by atoms with E-state index in [-0.39, 0.29) is 24.7 Å². The van der Waals surface area contributed by atoms with Crippen molar-refractivity contribution >= 4 is 11.9 Å². The molecule has 1 N–H and O–H groups in total. The number of aliphatic imine (C=N–C) groups is 1. The predicted octanol–water partition coefficient (Wildman–Crippen LogP) is 2.56. The molecular formula is C19H30F2N4O3. The number of ether oxygens (including phenoxy) is 2. The number of likely N-dealkylation sites (N-methyl/N-ethyl adjacent to an activating group) is 2. The van der Waals surface area contributed by atoms with Gasteiger partial charge in [-0.15, -0.1) is 0 Å². The molecule has 0 atom stereocenters. The number of hydrogen-bond donors (Lipinski definition) is 1. The molecule has 1 rings (SSSR count). The molecule has 1 aromatic rings. The minimum atomic E-state index is -2.95. The van der Waals surface area contributed by atoms with Crippen molar-refractivity contribution in [3.8, 4) is 11.5 Å². The molecule has 0 unspecified atom stereocenters. The van der Waals surface area contributed by atoms with Crippen LogP contribution in [0.2, 0.25) is 0 Å². The highest BCUT2D eigenvalue weighted by Crippen LogP contribution is 2.27. The zero-order valence-electron chi connectivity index (χ0n) is 17.2. The van der Waals surface area contributed by atoms with Crippen LogP contribution >= 0.6 is 0 Å². The van der Waals surface area contributed by atoms with Gasteiger partial charge in [-0.25, -0.2) is 4.99 Å². The van der Waals surface area contributed by atoms with Crippen LogP contribution in [0.15, 0.2) is 23.2 Å². The topological polar surface area (TPSA) is 66.4 Å². The lowest BCUT2D eigenvalue weighted by atomic mass is 10.2. The van der Waals surface area contributed by atoms with Crippen LogP contribution in [-0.2, 0) is 11.3 Å². The van der Waals surface area contributed by atoms with E-state index >= 15 is 0 Å². The van der Waals surface area contributed by atoms with Crippen LogP contribution in [0.1, 0.15) is 26.3 Å². The van der Waals surface area contributed by atoms with Gasteiger partial charge in [0.25, 0.3) is 0 Å². The van der Waals surface area contributed by atoms with Crippen molar-refractivity contribution in [1.82, 2.24) is 15.1 Å². The van der Waals surface area contributed by atoms with E-state index in [0.717, 1.165) is 0 Å². The van der Waals surface area contributed by atoms with Crippen molar-refractivity contribution in [1.29, 1.82) is 0 Å². The first-order chi connectivity index (χ1) is 13.4. The molecule has 9 heteroatoms. The number of methoxy groups -OCH3 is 1. The first kappa shape index (κ1) is 23.5. The highest BCUT2D eigenvalue weighted by molar-refractivity contribution is 5.86. The van der Waals surface area contributed by atoms with Gasteiger partial charge in [0.15, 0.2) is 5.96 Å². The van der Waals surface area contributed by atoms with Crippen LogP contribution in [0.4, 0.5) is 8.78 Å². The molecule has 0 heterocycles. The molecule has 7 nitrogen and oxygen atoms in total. The lowest BCUT2D eigenvalue weighted by Crippen LogP contribution is -2.45. The lowest BCUT2D eigenvalue weighted by Gasteiger charge is -2.25. The Hall–Kier alpha value is -2.58. The molecule has 28 heavy (non-hydrogen) atoms. The molecule has 1 aromatic carbocycles. The average molecular weight is 400 g/mol. The predicted molar refractivity (Wildman–Crippen MR) is 105 cm³/mol. The Balaban J connectivity index is 2.98. The van der Waals surface area contributed by atoms with Gasteiger partial charge < -0.3 is 24.6 Å². The number of nitrogens with zero attached hydrogens (tertiary/aromatic N) is 3. The van der Waals surface area contributed by atoms with Crippen LogP contribution in [0.3, 0.4) is 0 Å². The number of rotatable bonds is 10. The maximum atomic E-state index is 12.7. The Bertz CT molecular complexity index is 652. The summed E-state index contributed by atoms with van der Waals surface area (Å²) in [5.74, 6) is 0.916. The van der Waals surface area contributed by atoms with E-state index in [0.29, 0.717) is 36.9 Å².